The highest BCUT2D eigenvalue weighted by molar-refractivity contribution is 6.00. The Balaban J connectivity index is 0.00000275. The second-order valence-electron chi connectivity index (χ2n) is 35.3. The number of carbonyl (C=O) groups excluding carboxylic acids is 16. The van der Waals surface area contributed by atoms with Crippen molar-refractivity contribution in [3.05, 3.63) is 0 Å². The summed E-state index contributed by atoms with van der Waals surface area (Å²) in [5.74, 6) is -13.3. The Morgan fingerprint density at radius 3 is 1.21 bits per heavy atom. The van der Waals surface area contributed by atoms with Crippen LogP contribution in [0.2, 0.25) is 0 Å². The second kappa shape index (κ2) is 68.6. The first-order chi connectivity index (χ1) is 61.4. The van der Waals surface area contributed by atoms with Crippen molar-refractivity contribution in [3.8, 4) is 0 Å². The van der Waals surface area contributed by atoms with E-state index in [2.05, 4.69) is 64.1 Å². The largest absolute Gasteiger partial charge is 0.370 e. The number of hydrogen-bond acceptors (Lipinski definition) is 21. The van der Waals surface area contributed by atoms with Gasteiger partial charge in [0.15, 0.2) is 52.8 Å². The summed E-state index contributed by atoms with van der Waals surface area (Å²) in [5.41, 5.74) is 65.9. The van der Waals surface area contributed by atoms with Crippen LogP contribution in [0, 0.1) is 47.3 Å². The minimum absolute atomic E-state index is 0.0411. The van der Waals surface area contributed by atoms with Crippen LogP contribution in [0.1, 0.15) is 314 Å². The van der Waals surface area contributed by atoms with E-state index in [-0.39, 0.29) is 212 Å². The van der Waals surface area contributed by atoms with E-state index in [9.17, 15) is 76.7 Å². The van der Waals surface area contributed by atoms with Gasteiger partial charge in [0.1, 0.15) is 18.1 Å². The van der Waals surface area contributed by atoms with Crippen LogP contribution < -0.4 is 106 Å². The fourth-order valence-electron chi connectivity index (χ4n) is 15.1. The number of primary amides is 3. The lowest BCUT2D eigenvalue weighted by atomic mass is 9.84. The predicted octanol–water partition coefficient (Wildman–Crippen LogP) is 2.51. The number of nitrogens with one attached hydrogen (secondary N) is 7. The number of amides is 11. The molecule has 0 aromatic rings. The minimum Gasteiger partial charge on any atom is -0.370 e. The molecule has 31 N–H and O–H groups in total. The van der Waals surface area contributed by atoms with Gasteiger partial charge >= 0.3 is 0 Å². The molecule has 1 saturated heterocycles. The van der Waals surface area contributed by atoms with Crippen LogP contribution in [-0.2, 0) is 76.7 Å². The van der Waals surface area contributed by atoms with E-state index in [1.807, 2.05) is 13.8 Å². The van der Waals surface area contributed by atoms with Gasteiger partial charge in [0.2, 0.25) is 65.0 Å². The van der Waals surface area contributed by atoms with Crippen LogP contribution >= 0.6 is 0 Å². The quantitative estimate of drug-likeness (QED) is 0.0236. The number of Topliss-reactive ketones (excluding diaryl/α,β-unsaturated/α-hetero) is 5. The molecule has 0 aliphatic carbocycles. The van der Waals surface area contributed by atoms with Crippen molar-refractivity contribution in [3.63, 3.8) is 0 Å². The summed E-state index contributed by atoms with van der Waals surface area (Å²) in [6, 6.07) is -8.56. The zero-order chi connectivity index (χ0) is 98.5. The molecule has 14 atom stereocenters. The maximum Gasteiger partial charge on any atom is 0.245 e. The molecule has 0 aromatic heterocycles. The number of rotatable bonds is 73. The van der Waals surface area contributed by atoms with Crippen molar-refractivity contribution < 1.29 is 76.7 Å². The van der Waals surface area contributed by atoms with E-state index in [0.29, 0.717) is 45.1 Å². The van der Waals surface area contributed by atoms with Crippen LogP contribution in [0.5, 0.6) is 0 Å². The molecule has 0 saturated carbocycles. The Morgan fingerprint density at radius 2 is 0.762 bits per heavy atom. The third kappa shape index (κ3) is 53.0. The molecule has 0 aromatic carbocycles. The Morgan fingerprint density at radius 1 is 0.362 bits per heavy atom. The van der Waals surface area contributed by atoms with Crippen molar-refractivity contribution in [2.24, 2.45) is 136 Å². The van der Waals surface area contributed by atoms with Gasteiger partial charge in [-0.1, -0.05) is 152 Å². The lowest BCUT2D eigenvalue weighted by molar-refractivity contribution is -0.142. The first-order valence-electron chi connectivity index (χ1n) is 47.2. The molecule has 11 amide bonds. The number of hydrogen-bond donors (Lipinski definition) is 19. The van der Waals surface area contributed by atoms with Crippen molar-refractivity contribution in [1.82, 2.24) is 42.1 Å². The average Bonchev–Trinajstić information content (AvgIpc) is 1.68. The Hall–Kier alpha value is -10.4. The monoisotopic (exact) mass is 1840 g/mol. The number of ketones is 5. The number of nitrogens with two attached hydrogens (primary N) is 12. The molecule has 40 heteroatoms. The molecule has 1 rings (SSSR count). The third-order valence-electron chi connectivity index (χ3n) is 23.6. The van der Waals surface area contributed by atoms with Gasteiger partial charge in [-0.15, -0.1) is 0 Å². The third-order valence-corrected chi connectivity index (χ3v) is 23.6. The zero-order valence-corrected chi connectivity index (χ0v) is 79.8. The lowest BCUT2D eigenvalue weighted by Gasteiger charge is -2.31. The van der Waals surface area contributed by atoms with Gasteiger partial charge in [-0.05, 0) is 134 Å². The molecule has 0 unspecified atom stereocenters. The summed E-state index contributed by atoms with van der Waals surface area (Å²) in [4.78, 5) is 230. The van der Waals surface area contributed by atoms with Gasteiger partial charge in [0.25, 0.3) is 0 Å². The molecule has 1 aliphatic heterocycles. The van der Waals surface area contributed by atoms with Crippen molar-refractivity contribution >= 4 is 118 Å². The molecule has 0 bridgehead atoms. The average molecular weight is 1840 g/mol. The summed E-state index contributed by atoms with van der Waals surface area (Å²) in [5, 5.41) is 19.3. The van der Waals surface area contributed by atoms with Gasteiger partial charge in [0, 0.05) is 114 Å². The highest BCUT2D eigenvalue weighted by Gasteiger charge is 2.42. The number of likely N-dealkylation sites (tertiary alicyclic amines) is 1. The second-order valence-corrected chi connectivity index (χ2v) is 35.3. The number of carbonyl (C=O) groups is 16. The summed E-state index contributed by atoms with van der Waals surface area (Å²) < 4.78 is 0. The highest BCUT2D eigenvalue weighted by atomic mass is 16.2. The van der Waals surface area contributed by atoms with Crippen molar-refractivity contribution in [2.45, 2.75) is 362 Å². The maximum absolute atomic E-state index is 14.6. The summed E-state index contributed by atoms with van der Waals surface area (Å²) in [6.07, 6.45) is 18.5. The number of guanidine groups is 4. The van der Waals surface area contributed by atoms with Crippen LogP contribution in [0.4, 0.5) is 0 Å². The minimum atomic E-state index is -1.35. The van der Waals surface area contributed by atoms with E-state index in [1.165, 1.54) is 63.2 Å². The van der Waals surface area contributed by atoms with Gasteiger partial charge in [-0.25, -0.2) is 0 Å². The predicted molar refractivity (Wildman–Crippen MR) is 505 cm³/mol. The fourth-order valence-corrected chi connectivity index (χ4v) is 15.1. The van der Waals surface area contributed by atoms with Crippen LogP contribution in [-0.4, -0.2) is 210 Å². The summed E-state index contributed by atoms with van der Waals surface area (Å²) >= 11 is 0. The Bertz CT molecular complexity index is 3640. The van der Waals surface area contributed by atoms with Crippen molar-refractivity contribution in [2.75, 3.05) is 39.3 Å². The molecular weight excluding hydrogens is 1670 g/mol. The summed E-state index contributed by atoms with van der Waals surface area (Å²) in [6.45, 7) is 20.9. The fraction of sp³-hybridized carbons (Fsp3) is 0.778. The van der Waals surface area contributed by atoms with Gasteiger partial charge in [-0.3, -0.25) is 96.7 Å². The van der Waals surface area contributed by atoms with Crippen LogP contribution in [0.25, 0.3) is 0 Å². The smallest absolute Gasteiger partial charge is 0.245 e. The number of aliphatic imine (C=N–C) groups is 4. The molecule has 1 aliphatic rings. The van der Waals surface area contributed by atoms with E-state index < -0.39 is 143 Å². The van der Waals surface area contributed by atoms with E-state index in [1.54, 1.807) is 48.5 Å². The van der Waals surface area contributed by atoms with Crippen LogP contribution in [0.3, 0.4) is 0 Å². The molecule has 40 nitrogen and oxygen atoms in total. The highest BCUT2D eigenvalue weighted by Crippen LogP contribution is 2.27. The van der Waals surface area contributed by atoms with Crippen LogP contribution in [0.15, 0.2) is 20.0 Å². The summed E-state index contributed by atoms with van der Waals surface area (Å²) in [7, 11) is 0. The number of unbranched alkanes of at least 4 members (excludes halogenated alkanes) is 13. The first kappa shape index (κ1) is 120. The topological polar surface area (TPSA) is 722 Å². The Kier molecular flexibility index (Phi) is 63.1. The molecule has 1 fully saturated rings. The van der Waals surface area contributed by atoms with E-state index in [0.717, 1.165) is 38.5 Å². The van der Waals surface area contributed by atoms with E-state index >= 15 is 0 Å². The standard InChI is InChI=1S/C52H96N16O9.C38H70N8O7/c1-3-5-6-7-8-9-10-11-12-13-14-15-16-25-45(73)64-38(22-18-31-62-51(57)58)47(75)67-39(23-19-32-63-52(59)60)49(77)68-33-20-24-40(68)48(76)66-37(27-29-44(54)72)42(70)34-35(21-17-30-61-50(55)56)46(74)65-36(41(69)4-2)26-28-43(53)71;1-10-23(6)29(34(40)50)20-32(48)26(9)45-36(52)28(22(4)5)19-33(49)30(15-13-17-43-38(41)42)46-37(53)27(21(2)3)18-31(47)25(8)44-35(51)24(7)14-11-12-16-39/h35-40H,3-34H2,1-2H3,(H2,53,71)(H2,54,72)(H,64,73)(H,65,74)(H,66,76)(H,67,75)(H4,55,56,61)(H4,57,58,62)(H4,59,60,63);21-30H,10-20,39H2,1-9H3,(H2,40,50)(H,44,51)(H,45,52)(H,46,53)(H4,41,42,43)/t35-,36+,37+,38+,39+,40+;23-,24-,25-,26-,27-,28-,29-,30-/m10/s1. The normalized spacial score (nSPS) is 15.3. The maximum atomic E-state index is 14.6. The van der Waals surface area contributed by atoms with Gasteiger partial charge < -0.3 is 111 Å². The van der Waals surface area contributed by atoms with Crippen molar-refractivity contribution in [1.29, 1.82) is 0 Å². The number of nitrogens with zero attached hydrogens (tertiary/aromatic N) is 5. The molecule has 0 radical (unpaired) electrons. The molecule has 130 heavy (non-hydrogen) atoms. The van der Waals surface area contributed by atoms with Gasteiger partial charge in [-0.2, -0.15) is 0 Å². The first-order valence-corrected chi connectivity index (χ1v) is 47.2. The SMILES string of the molecule is CCCCCCCCCCCCCCCC(=O)N[C@@H](CCCN=C(N)N)C(=O)N[C@@H](CCCN=C(N)N)C(=O)N1CCC[C@H]1C(=O)N[C@@H](CCC(N)=O)C(=O)C[C@@H](CCCN=C(N)N)C(=O)N[C@@H](CCC(N)=O)C(=O)CC.CC[C@H](C)[C@H](CC(=O)[C@H](C)NC(=O)[C@@H](CC(=O)[C@H](CCCN=C(N)N)NC(=O)[C@@H](CC(=O)[C@H](C)NC(=O)[C@@H](C)CCCCN)C(C)C)C(C)C)C(N)=O. The van der Waals surface area contributed by atoms with Gasteiger partial charge in [0.05, 0.1) is 30.2 Å². The lowest BCUT2D eigenvalue weighted by Crippen LogP contribution is -2.57. The molecular formula is C90H166N24O16. The Labute approximate surface area is 770 Å². The molecule has 0 spiro atoms. The van der Waals surface area contributed by atoms with E-state index in [4.69, 9.17) is 68.8 Å². The molecule has 742 valence electrons. The zero-order valence-electron chi connectivity index (χ0n) is 79.8. The molecule has 1 heterocycles.